The molecule has 1 aliphatic carbocycles. The summed E-state index contributed by atoms with van der Waals surface area (Å²) in [6.45, 7) is 3.75. The zero-order valence-electron chi connectivity index (χ0n) is 6.84. The Bertz CT molecular complexity index is 126. The Morgan fingerprint density at radius 2 is 2.00 bits per heavy atom. The Hall–Kier alpha value is -0.530. The molecule has 2 nitrogen and oxygen atoms in total. The number of ether oxygens (including phenoxy) is 1. The molecular formula is C9H15O2. The fourth-order valence-electron chi connectivity index (χ4n) is 1.56. The smallest absolute Gasteiger partial charge is 0.308 e. The average Bonchev–Trinajstić information content (AvgIpc) is 2.07. The van der Waals surface area contributed by atoms with Crippen molar-refractivity contribution in [2.75, 3.05) is 6.61 Å². The number of carbonyl (C=O) groups is 1. The van der Waals surface area contributed by atoms with E-state index in [1.54, 1.807) is 0 Å². The third-order valence-corrected chi connectivity index (χ3v) is 2.18. The maximum atomic E-state index is 11.1. The number of esters is 1. The van der Waals surface area contributed by atoms with Crippen LogP contribution in [0.4, 0.5) is 0 Å². The van der Waals surface area contributed by atoms with E-state index in [2.05, 4.69) is 6.92 Å². The van der Waals surface area contributed by atoms with Crippen LogP contribution in [0.3, 0.4) is 0 Å². The fourth-order valence-corrected chi connectivity index (χ4v) is 1.56. The highest BCUT2D eigenvalue weighted by Gasteiger charge is 2.21. The van der Waals surface area contributed by atoms with Gasteiger partial charge in [-0.05, 0) is 19.8 Å². The van der Waals surface area contributed by atoms with Crippen molar-refractivity contribution in [2.24, 2.45) is 5.92 Å². The van der Waals surface area contributed by atoms with Gasteiger partial charge in [0.1, 0.15) is 0 Å². The molecule has 0 aliphatic heterocycles. The van der Waals surface area contributed by atoms with Gasteiger partial charge in [0.25, 0.3) is 0 Å². The van der Waals surface area contributed by atoms with Crippen LogP contribution in [-0.2, 0) is 9.53 Å². The Morgan fingerprint density at radius 1 is 1.36 bits per heavy atom. The maximum Gasteiger partial charge on any atom is 0.308 e. The maximum absolute atomic E-state index is 11.1. The number of hydrogen-bond acceptors (Lipinski definition) is 2. The van der Waals surface area contributed by atoms with Gasteiger partial charge in [0.05, 0.1) is 12.5 Å². The van der Waals surface area contributed by atoms with E-state index in [-0.39, 0.29) is 18.5 Å². The lowest BCUT2D eigenvalue weighted by molar-refractivity contribution is -0.148. The highest BCUT2D eigenvalue weighted by atomic mass is 16.5. The predicted octanol–water partition coefficient (Wildman–Crippen LogP) is 1.94. The standard InChI is InChI=1S/C9H15O2/c1-2-11-9(10)8-6-4-3-5-7-8/h8H,1-7H2. The van der Waals surface area contributed by atoms with E-state index >= 15 is 0 Å². The molecule has 0 aromatic rings. The molecule has 0 aromatic heterocycles. The van der Waals surface area contributed by atoms with Crippen molar-refractivity contribution in [3.63, 3.8) is 0 Å². The Kier molecular flexibility index (Phi) is 3.40. The first kappa shape index (κ1) is 8.57. The molecule has 0 unspecified atom stereocenters. The van der Waals surface area contributed by atoms with Gasteiger partial charge in [0, 0.05) is 0 Å². The molecule has 0 N–H and O–H groups in total. The molecule has 1 aliphatic rings. The van der Waals surface area contributed by atoms with Crippen LogP contribution in [0.5, 0.6) is 0 Å². The summed E-state index contributed by atoms with van der Waals surface area (Å²) in [5, 5.41) is 0. The van der Waals surface area contributed by atoms with Crippen LogP contribution in [0.2, 0.25) is 0 Å². The zero-order valence-corrected chi connectivity index (χ0v) is 6.84. The van der Waals surface area contributed by atoms with Gasteiger partial charge < -0.3 is 4.74 Å². The average molecular weight is 155 g/mol. The lowest BCUT2D eigenvalue weighted by Crippen LogP contribution is -2.20. The molecule has 0 atom stereocenters. The van der Waals surface area contributed by atoms with E-state index in [0.717, 1.165) is 12.8 Å². The molecule has 1 fully saturated rings. The lowest BCUT2D eigenvalue weighted by Gasteiger charge is -2.19. The second-order valence-corrected chi connectivity index (χ2v) is 3.00. The van der Waals surface area contributed by atoms with Gasteiger partial charge in [-0.2, -0.15) is 0 Å². The molecule has 1 rings (SSSR count). The minimum Gasteiger partial charge on any atom is -0.465 e. The molecule has 0 amide bonds. The summed E-state index contributed by atoms with van der Waals surface area (Å²) in [4.78, 5) is 11.1. The molecule has 1 saturated carbocycles. The van der Waals surface area contributed by atoms with Crippen molar-refractivity contribution in [1.29, 1.82) is 0 Å². The second kappa shape index (κ2) is 4.37. The van der Waals surface area contributed by atoms with Crippen molar-refractivity contribution in [1.82, 2.24) is 0 Å². The molecule has 1 radical (unpaired) electrons. The lowest BCUT2D eigenvalue weighted by atomic mass is 9.89. The van der Waals surface area contributed by atoms with Gasteiger partial charge >= 0.3 is 5.97 Å². The van der Waals surface area contributed by atoms with Crippen LogP contribution < -0.4 is 0 Å². The topological polar surface area (TPSA) is 26.3 Å². The summed E-state index contributed by atoms with van der Waals surface area (Å²) in [5.41, 5.74) is 0. The molecular weight excluding hydrogens is 140 g/mol. The molecule has 0 bridgehead atoms. The molecule has 2 heteroatoms. The number of carbonyl (C=O) groups excluding carboxylic acids is 1. The first-order valence-electron chi connectivity index (χ1n) is 4.30. The van der Waals surface area contributed by atoms with E-state index in [1.807, 2.05) is 0 Å². The van der Waals surface area contributed by atoms with Gasteiger partial charge in [-0.15, -0.1) is 0 Å². The van der Waals surface area contributed by atoms with Crippen molar-refractivity contribution in [3.05, 3.63) is 6.92 Å². The highest BCUT2D eigenvalue weighted by molar-refractivity contribution is 5.72. The van der Waals surface area contributed by atoms with Crippen molar-refractivity contribution in [2.45, 2.75) is 32.1 Å². The SMILES string of the molecule is [CH2]COC(=O)C1CCCCC1. The van der Waals surface area contributed by atoms with Crippen LogP contribution >= 0.6 is 0 Å². The number of hydrogen-bond donors (Lipinski definition) is 0. The van der Waals surface area contributed by atoms with E-state index in [4.69, 9.17) is 4.74 Å². The Labute approximate surface area is 67.9 Å². The van der Waals surface area contributed by atoms with Crippen LogP contribution in [0, 0.1) is 12.8 Å². The largest absolute Gasteiger partial charge is 0.465 e. The van der Waals surface area contributed by atoms with E-state index in [9.17, 15) is 4.79 Å². The monoisotopic (exact) mass is 155 g/mol. The second-order valence-electron chi connectivity index (χ2n) is 3.00. The van der Waals surface area contributed by atoms with Crippen LogP contribution in [0.15, 0.2) is 0 Å². The quantitative estimate of drug-likeness (QED) is 0.570. The summed E-state index contributed by atoms with van der Waals surface area (Å²) in [6, 6.07) is 0. The third-order valence-electron chi connectivity index (χ3n) is 2.18. The van der Waals surface area contributed by atoms with Gasteiger partial charge in [-0.1, -0.05) is 19.3 Å². The molecule has 0 aromatic carbocycles. The van der Waals surface area contributed by atoms with Crippen LogP contribution in [0.1, 0.15) is 32.1 Å². The third kappa shape index (κ3) is 2.52. The first-order valence-corrected chi connectivity index (χ1v) is 4.30. The van der Waals surface area contributed by atoms with Gasteiger partial charge in [0.15, 0.2) is 0 Å². The molecule has 11 heavy (non-hydrogen) atoms. The minimum atomic E-state index is -0.0419. The molecule has 63 valence electrons. The van der Waals surface area contributed by atoms with Crippen molar-refractivity contribution < 1.29 is 9.53 Å². The van der Waals surface area contributed by atoms with Crippen molar-refractivity contribution in [3.8, 4) is 0 Å². The van der Waals surface area contributed by atoms with Crippen LogP contribution in [-0.4, -0.2) is 12.6 Å². The Balaban J connectivity index is 2.27. The fraction of sp³-hybridized carbons (Fsp3) is 0.778. The molecule has 0 spiro atoms. The highest BCUT2D eigenvalue weighted by Crippen LogP contribution is 2.24. The van der Waals surface area contributed by atoms with Gasteiger partial charge in [-0.25, -0.2) is 0 Å². The van der Waals surface area contributed by atoms with E-state index < -0.39 is 0 Å². The zero-order chi connectivity index (χ0) is 8.10. The molecule has 0 heterocycles. The van der Waals surface area contributed by atoms with E-state index in [1.165, 1.54) is 19.3 Å². The van der Waals surface area contributed by atoms with E-state index in [0.29, 0.717) is 0 Å². The summed E-state index contributed by atoms with van der Waals surface area (Å²) < 4.78 is 4.83. The predicted molar refractivity (Wildman–Crippen MR) is 42.9 cm³/mol. The summed E-state index contributed by atoms with van der Waals surface area (Å²) in [7, 11) is 0. The summed E-state index contributed by atoms with van der Waals surface area (Å²) in [6.07, 6.45) is 5.65. The van der Waals surface area contributed by atoms with Gasteiger partial charge in [-0.3, -0.25) is 4.79 Å². The Morgan fingerprint density at radius 3 is 2.55 bits per heavy atom. The van der Waals surface area contributed by atoms with Crippen molar-refractivity contribution >= 4 is 5.97 Å². The van der Waals surface area contributed by atoms with Crippen LogP contribution in [0.25, 0.3) is 0 Å². The van der Waals surface area contributed by atoms with Gasteiger partial charge in [0.2, 0.25) is 0 Å². The summed E-state index contributed by atoms with van der Waals surface area (Å²) in [5.74, 6) is 0.130. The molecule has 0 saturated heterocycles. The first-order chi connectivity index (χ1) is 5.34. The summed E-state index contributed by atoms with van der Waals surface area (Å²) >= 11 is 0. The minimum absolute atomic E-state index is 0.0419. The number of rotatable bonds is 2. The normalized spacial score (nSPS) is 19.7.